The maximum Gasteiger partial charge on any atom is 0.224 e. The van der Waals surface area contributed by atoms with Crippen LogP contribution in [0.1, 0.15) is 26.2 Å². The molecule has 1 unspecified atom stereocenters. The molecule has 1 saturated carbocycles. The van der Waals surface area contributed by atoms with E-state index in [0.29, 0.717) is 35.3 Å². The number of anilines is 2. The predicted octanol–water partition coefficient (Wildman–Crippen LogP) is 3.78. The third-order valence-electron chi connectivity index (χ3n) is 6.71. The number of hydrogen-bond donors (Lipinski definition) is 2. The molecule has 6 rings (SSSR count). The van der Waals surface area contributed by atoms with Gasteiger partial charge in [-0.3, -0.25) is 4.57 Å². The second-order valence-corrected chi connectivity index (χ2v) is 9.05. The minimum atomic E-state index is -0.284. The van der Waals surface area contributed by atoms with Gasteiger partial charge in [0.1, 0.15) is 23.3 Å². The van der Waals surface area contributed by atoms with Crippen LogP contribution < -0.4 is 15.5 Å². The second-order valence-electron chi connectivity index (χ2n) is 9.05. The molecule has 1 aliphatic carbocycles. The van der Waals surface area contributed by atoms with E-state index in [1.807, 2.05) is 22.8 Å². The van der Waals surface area contributed by atoms with Gasteiger partial charge in [-0.15, -0.1) is 0 Å². The zero-order valence-corrected chi connectivity index (χ0v) is 19.1. The highest BCUT2D eigenvalue weighted by atomic mass is 19.1. The lowest BCUT2D eigenvalue weighted by Gasteiger charge is -2.34. The number of halogens is 1. The first-order valence-electron chi connectivity index (χ1n) is 11.9. The largest absolute Gasteiger partial charge is 0.351 e. The van der Waals surface area contributed by atoms with Crippen molar-refractivity contribution in [1.29, 1.82) is 0 Å². The Kier molecular flexibility index (Phi) is 5.33. The van der Waals surface area contributed by atoms with Crippen molar-refractivity contribution < 1.29 is 4.39 Å². The molecular formula is C25H27FN8. The van der Waals surface area contributed by atoms with Gasteiger partial charge in [0.2, 0.25) is 5.95 Å². The van der Waals surface area contributed by atoms with Gasteiger partial charge < -0.3 is 15.5 Å². The summed E-state index contributed by atoms with van der Waals surface area (Å²) in [5.74, 6) is 2.60. The minimum Gasteiger partial charge on any atom is -0.351 e. The summed E-state index contributed by atoms with van der Waals surface area (Å²) in [5, 5.41) is 6.84. The summed E-state index contributed by atoms with van der Waals surface area (Å²) in [7, 11) is 0. The van der Waals surface area contributed by atoms with E-state index in [2.05, 4.69) is 27.4 Å². The maximum atomic E-state index is 13.7. The lowest BCUT2D eigenvalue weighted by molar-refractivity contribution is 0.443. The molecule has 2 aliphatic rings. The Morgan fingerprint density at radius 1 is 1.00 bits per heavy atom. The van der Waals surface area contributed by atoms with Crippen LogP contribution in [0.3, 0.4) is 0 Å². The van der Waals surface area contributed by atoms with Gasteiger partial charge in [-0.25, -0.2) is 19.3 Å². The quantitative estimate of drug-likeness (QED) is 0.471. The SMILES string of the molecule is CC1CNCCN1c1ccc2c(n1)nc(-c1ccc(F)cc1)n2-c1ccnc(NC2CCC2)n1. The van der Waals surface area contributed by atoms with Crippen molar-refractivity contribution in [3.05, 3.63) is 54.5 Å². The van der Waals surface area contributed by atoms with Crippen LogP contribution in [0.25, 0.3) is 28.4 Å². The number of benzene rings is 1. The molecule has 4 aromatic rings. The normalized spacial score (nSPS) is 18.8. The van der Waals surface area contributed by atoms with Crippen LogP contribution in [0.15, 0.2) is 48.7 Å². The average molecular weight is 459 g/mol. The molecule has 2 N–H and O–H groups in total. The fraction of sp³-hybridized carbons (Fsp3) is 0.360. The molecule has 0 bridgehead atoms. The number of nitrogens with zero attached hydrogens (tertiary/aromatic N) is 6. The highest BCUT2D eigenvalue weighted by Gasteiger charge is 2.23. The van der Waals surface area contributed by atoms with Crippen molar-refractivity contribution in [2.45, 2.75) is 38.3 Å². The summed E-state index contributed by atoms with van der Waals surface area (Å²) in [6.07, 6.45) is 5.27. The Morgan fingerprint density at radius 2 is 1.85 bits per heavy atom. The van der Waals surface area contributed by atoms with E-state index in [9.17, 15) is 4.39 Å². The molecule has 0 amide bonds. The molecule has 1 aliphatic heterocycles. The Labute approximate surface area is 197 Å². The Bertz CT molecular complexity index is 1310. The molecule has 1 saturated heterocycles. The molecule has 0 radical (unpaired) electrons. The van der Waals surface area contributed by atoms with E-state index in [1.165, 1.54) is 18.6 Å². The van der Waals surface area contributed by atoms with Crippen LogP contribution in [0.4, 0.5) is 16.2 Å². The van der Waals surface area contributed by atoms with Crippen LogP contribution in [0.2, 0.25) is 0 Å². The van der Waals surface area contributed by atoms with E-state index < -0.39 is 0 Å². The van der Waals surface area contributed by atoms with Crippen molar-refractivity contribution in [2.75, 3.05) is 29.9 Å². The Hall–Kier alpha value is -3.59. The van der Waals surface area contributed by atoms with Gasteiger partial charge in [-0.05, 0) is 68.7 Å². The minimum absolute atomic E-state index is 0.284. The summed E-state index contributed by atoms with van der Waals surface area (Å²) in [6.45, 7) is 4.94. The van der Waals surface area contributed by atoms with Crippen molar-refractivity contribution >= 4 is 22.9 Å². The van der Waals surface area contributed by atoms with Gasteiger partial charge in [-0.2, -0.15) is 4.98 Å². The zero-order valence-electron chi connectivity index (χ0n) is 19.1. The summed E-state index contributed by atoms with van der Waals surface area (Å²) in [6, 6.07) is 13.1. The molecular weight excluding hydrogens is 431 g/mol. The molecule has 3 aromatic heterocycles. The molecule has 34 heavy (non-hydrogen) atoms. The van der Waals surface area contributed by atoms with E-state index >= 15 is 0 Å². The number of hydrogen-bond acceptors (Lipinski definition) is 7. The number of fused-ring (bicyclic) bond motifs is 1. The molecule has 0 spiro atoms. The molecule has 4 heterocycles. The zero-order chi connectivity index (χ0) is 23.1. The topological polar surface area (TPSA) is 83.8 Å². The van der Waals surface area contributed by atoms with Crippen LogP contribution in [0.5, 0.6) is 0 Å². The molecule has 174 valence electrons. The monoisotopic (exact) mass is 458 g/mol. The number of imidazole rings is 1. The van der Waals surface area contributed by atoms with E-state index in [-0.39, 0.29) is 5.82 Å². The smallest absolute Gasteiger partial charge is 0.224 e. The van der Waals surface area contributed by atoms with Crippen molar-refractivity contribution in [1.82, 2.24) is 29.8 Å². The van der Waals surface area contributed by atoms with E-state index in [1.54, 1.807) is 18.3 Å². The van der Waals surface area contributed by atoms with E-state index in [4.69, 9.17) is 15.0 Å². The highest BCUT2D eigenvalue weighted by molar-refractivity contribution is 5.81. The number of pyridine rings is 1. The molecule has 1 aromatic carbocycles. The van der Waals surface area contributed by atoms with Gasteiger partial charge >= 0.3 is 0 Å². The summed E-state index contributed by atoms with van der Waals surface area (Å²) >= 11 is 0. The fourth-order valence-electron chi connectivity index (χ4n) is 4.60. The van der Waals surface area contributed by atoms with Gasteiger partial charge in [0.25, 0.3) is 0 Å². The first-order valence-corrected chi connectivity index (χ1v) is 11.9. The number of piperazine rings is 1. The lowest BCUT2D eigenvalue weighted by atomic mass is 9.93. The third kappa shape index (κ3) is 3.86. The van der Waals surface area contributed by atoms with Crippen LogP contribution in [-0.2, 0) is 0 Å². The Balaban J connectivity index is 1.47. The summed E-state index contributed by atoms with van der Waals surface area (Å²) in [5.41, 5.74) is 2.28. The fourth-order valence-corrected chi connectivity index (χ4v) is 4.60. The van der Waals surface area contributed by atoms with Crippen LogP contribution in [0, 0.1) is 5.82 Å². The predicted molar refractivity (Wildman–Crippen MR) is 131 cm³/mol. The molecule has 2 fully saturated rings. The van der Waals surface area contributed by atoms with Crippen molar-refractivity contribution in [3.63, 3.8) is 0 Å². The van der Waals surface area contributed by atoms with Crippen LogP contribution >= 0.6 is 0 Å². The first kappa shape index (κ1) is 21.0. The van der Waals surface area contributed by atoms with E-state index in [0.717, 1.165) is 49.4 Å². The Morgan fingerprint density at radius 3 is 2.62 bits per heavy atom. The number of aromatic nitrogens is 5. The highest BCUT2D eigenvalue weighted by Crippen LogP contribution is 2.30. The second kappa shape index (κ2) is 8.64. The van der Waals surface area contributed by atoms with Gasteiger partial charge in [-0.1, -0.05) is 0 Å². The van der Waals surface area contributed by atoms with Crippen LogP contribution in [-0.4, -0.2) is 56.2 Å². The summed E-state index contributed by atoms with van der Waals surface area (Å²) < 4.78 is 15.6. The molecule has 9 heteroatoms. The van der Waals surface area contributed by atoms with Gasteiger partial charge in [0.15, 0.2) is 5.65 Å². The lowest BCUT2D eigenvalue weighted by Crippen LogP contribution is -2.50. The van der Waals surface area contributed by atoms with Crippen molar-refractivity contribution in [3.8, 4) is 17.2 Å². The average Bonchev–Trinajstić information content (AvgIpc) is 3.21. The molecule has 1 atom stereocenters. The standard InChI is InChI=1S/C25H27FN8/c1-16-15-27-13-14-33(16)21-10-9-20-23(30-21)32-24(17-5-7-18(26)8-6-17)34(20)22-11-12-28-25(31-22)29-19-3-2-4-19/h5-12,16,19,27H,2-4,13-15H2,1H3,(H,28,29,31). The van der Waals surface area contributed by atoms with Crippen molar-refractivity contribution in [2.24, 2.45) is 0 Å². The number of rotatable bonds is 5. The number of nitrogens with one attached hydrogen (secondary N) is 2. The molecule has 8 nitrogen and oxygen atoms in total. The maximum absolute atomic E-state index is 13.7. The summed E-state index contributed by atoms with van der Waals surface area (Å²) in [4.78, 5) is 21.3. The first-order chi connectivity index (χ1) is 16.7. The van der Waals surface area contributed by atoms with Gasteiger partial charge in [0, 0.05) is 43.5 Å². The van der Waals surface area contributed by atoms with Gasteiger partial charge in [0.05, 0.1) is 5.52 Å². The third-order valence-corrected chi connectivity index (χ3v) is 6.71.